The second kappa shape index (κ2) is 12.8. The molecular formula is C29H32Cl2N2O5. The predicted molar refractivity (Wildman–Crippen MR) is 147 cm³/mol. The van der Waals surface area contributed by atoms with E-state index in [1.807, 2.05) is 24.3 Å². The number of para-hydroxylation sites is 1. The number of allylic oxidation sites excluding steroid dienone is 1. The number of nitrogens with zero attached hydrogens (tertiary/aromatic N) is 1. The second-order valence-electron chi connectivity index (χ2n) is 9.49. The van der Waals surface area contributed by atoms with E-state index in [2.05, 4.69) is 11.9 Å². The fourth-order valence-corrected chi connectivity index (χ4v) is 5.41. The Balaban J connectivity index is 1.72. The molecule has 38 heavy (non-hydrogen) atoms. The van der Waals surface area contributed by atoms with Gasteiger partial charge in [-0.05, 0) is 49.1 Å². The van der Waals surface area contributed by atoms with Crippen LogP contribution in [0.5, 0.6) is 5.75 Å². The highest BCUT2D eigenvalue weighted by molar-refractivity contribution is 6.42. The number of fused-ring (bicyclic) bond motifs is 3. The molecule has 9 heteroatoms. The largest absolute Gasteiger partial charge is 0.486 e. The number of carbonyl (C=O) groups is 2. The number of aliphatic hydroxyl groups excluding tert-OH is 2. The lowest BCUT2D eigenvalue weighted by atomic mass is 9.77. The summed E-state index contributed by atoms with van der Waals surface area (Å²) in [5, 5.41) is 24.3. The first-order valence-corrected chi connectivity index (χ1v) is 13.5. The normalized spacial score (nSPS) is 21.5. The van der Waals surface area contributed by atoms with Crippen LogP contribution in [0.4, 0.5) is 0 Å². The lowest BCUT2D eigenvalue weighted by molar-refractivity contribution is -0.138. The average Bonchev–Trinajstić information content (AvgIpc) is 3.31. The molecule has 2 aromatic rings. The highest BCUT2D eigenvalue weighted by Gasteiger charge is 2.50. The molecule has 2 aromatic carbocycles. The number of rotatable bonds is 11. The molecule has 7 nitrogen and oxygen atoms in total. The maximum Gasteiger partial charge on any atom is 0.247 e. The van der Waals surface area contributed by atoms with Crippen molar-refractivity contribution in [2.24, 2.45) is 0 Å². The van der Waals surface area contributed by atoms with Gasteiger partial charge in [-0.1, -0.05) is 53.5 Å². The Labute approximate surface area is 232 Å². The van der Waals surface area contributed by atoms with Crippen molar-refractivity contribution in [3.05, 3.63) is 87.9 Å². The van der Waals surface area contributed by atoms with E-state index in [-0.39, 0.29) is 37.9 Å². The fourth-order valence-electron chi connectivity index (χ4n) is 5.09. The highest BCUT2D eigenvalue weighted by atomic mass is 35.5. The van der Waals surface area contributed by atoms with Crippen molar-refractivity contribution in [1.29, 1.82) is 0 Å². The topological polar surface area (TPSA) is 99.1 Å². The summed E-state index contributed by atoms with van der Waals surface area (Å²) in [6.45, 7) is 3.76. The van der Waals surface area contributed by atoms with Gasteiger partial charge in [0.25, 0.3) is 0 Å². The van der Waals surface area contributed by atoms with Crippen LogP contribution in [0.3, 0.4) is 0 Å². The zero-order valence-corrected chi connectivity index (χ0v) is 22.5. The van der Waals surface area contributed by atoms with Crippen LogP contribution in [-0.4, -0.2) is 58.3 Å². The standard InChI is InChI=1S/C29H32Cl2N2O5/c1-2-3-4-5-10-25(35)33(17-18-11-12-21(30)22(31)15-18)23-16-20(29(37)32-13-14-34)26-19-8-6-7-9-24(19)38-28(26)27(23)36/h2,6-9,11-12,15-16,23,26-28,34,36H,1,3-5,10,13-14,17H2,(H,32,37)/t23-,26+,27+,28+/m1/s1. The molecular weight excluding hydrogens is 527 g/mol. The van der Waals surface area contributed by atoms with Crippen molar-refractivity contribution in [2.45, 2.75) is 56.4 Å². The molecule has 0 saturated carbocycles. The Kier molecular flexibility index (Phi) is 9.49. The van der Waals surface area contributed by atoms with Gasteiger partial charge in [0.05, 0.1) is 28.6 Å². The Morgan fingerprint density at radius 3 is 2.66 bits per heavy atom. The minimum Gasteiger partial charge on any atom is -0.486 e. The molecule has 1 heterocycles. The molecule has 2 amide bonds. The van der Waals surface area contributed by atoms with Gasteiger partial charge in [-0.15, -0.1) is 6.58 Å². The van der Waals surface area contributed by atoms with Crippen LogP contribution in [-0.2, 0) is 16.1 Å². The summed E-state index contributed by atoms with van der Waals surface area (Å²) in [6.07, 6.45) is 4.18. The third kappa shape index (κ3) is 6.07. The van der Waals surface area contributed by atoms with E-state index in [0.717, 1.165) is 24.0 Å². The predicted octanol–water partition coefficient (Wildman–Crippen LogP) is 4.39. The Morgan fingerprint density at radius 1 is 1.13 bits per heavy atom. The Hall–Kier alpha value is -2.84. The number of hydrogen-bond acceptors (Lipinski definition) is 5. The van der Waals surface area contributed by atoms with Gasteiger partial charge in [0, 0.05) is 30.6 Å². The molecule has 0 aromatic heterocycles. The van der Waals surface area contributed by atoms with Crippen LogP contribution in [0.25, 0.3) is 0 Å². The summed E-state index contributed by atoms with van der Waals surface area (Å²) in [6, 6.07) is 11.7. The van der Waals surface area contributed by atoms with Crippen molar-refractivity contribution in [2.75, 3.05) is 13.2 Å². The number of benzene rings is 2. The molecule has 0 saturated heterocycles. The number of carbonyl (C=O) groups excluding carboxylic acids is 2. The minimum absolute atomic E-state index is 0.0819. The first kappa shape index (κ1) is 28.2. The van der Waals surface area contributed by atoms with E-state index >= 15 is 0 Å². The summed E-state index contributed by atoms with van der Waals surface area (Å²) in [7, 11) is 0. The summed E-state index contributed by atoms with van der Waals surface area (Å²) in [5.41, 5.74) is 1.93. The number of unbranched alkanes of at least 4 members (excludes halogenated alkanes) is 2. The van der Waals surface area contributed by atoms with Gasteiger partial charge in [-0.3, -0.25) is 9.59 Å². The van der Waals surface area contributed by atoms with E-state index in [9.17, 15) is 19.8 Å². The Bertz CT molecular complexity index is 1220. The molecule has 4 atom stereocenters. The second-order valence-corrected chi connectivity index (χ2v) is 10.3. The molecule has 0 fully saturated rings. The van der Waals surface area contributed by atoms with Crippen molar-refractivity contribution < 1.29 is 24.5 Å². The van der Waals surface area contributed by atoms with E-state index in [0.29, 0.717) is 27.8 Å². The monoisotopic (exact) mass is 558 g/mol. The molecule has 0 bridgehead atoms. The van der Waals surface area contributed by atoms with Gasteiger partial charge in [-0.2, -0.15) is 0 Å². The molecule has 0 unspecified atom stereocenters. The molecule has 4 rings (SSSR count). The summed E-state index contributed by atoms with van der Waals surface area (Å²) in [4.78, 5) is 28.4. The number of nitrogens with one attached hydrogen (secondary N) is 1. The summed E-state index contributed by atoms with van der Waals surface area (Å²) in [5.74, 6) is -0.454. The SMILES string of the molecule is C=CCCCCC(=O)N(Cc1ccc(Cl)c(Cl)c1)[C@@H]1C=C(C(=O)NCCO)[C@@H]2c3ccccc3O[C@@H]2[C@H]1O. The summed E-state index contributed by atoms with van der Waals surface area (Å²) < 4.78 is 6.16. The lowest BCUT2D eigenvalue weighted by Crippen LogP contribution is -2.55. The quantitative estimate of drug-likeness (QED) is 0.280. The van der Waals surface area contributed by atoms with Crippen LogP contribution >= 0.6 is 23.2 Å². The molecule has 1 aliphatic heterocycles. The van der Waals surface area contributed by atoms with Crippen LogP contribution in [0.2, 0.25) is 10.0 Å². The Morgan fingerprint density at radius 2 is 1.92 bits per heavy atom. The zero-order valence-electron chi connectivity index (χ0n) is 21.0. The molecule has 202 valence electrons. The molecule has 0 spiro atoms. The number of amides is 2. The zero-order chi connectivity index (χ0) is 27.2. The van der Waals surface area contributed by atoms with Crippen LogP contribution in [0, 0.1) is 0 Å². The first-order valence-electron chi connectivity index (χ1n) is 12.7. The summed E-state index contributed by atoms with van der Waals surface area (Å²) >= 11 is 12.3. The molecule has 0 radical (unpaired) electrons. The van der Waals surface area contributed by atoms with Crippen molar-refractivity contribution >= 4 is 35.0 Å². The van der Waals surface area contributed by atoms with Crippen LogP contribution < -0.4 is 10.1 Å². The number of aliphatic hydroxyl groups is 2. The maximum atomic E-state index is 13.6. The maximum absolute atomic E-state index is 13.6. The van der Waals surface area contributed by atoms with Crippen molar-refractivity contribution in [3.8, 4) is 5.75 Å². The number of hydrogen-bond donors (Lipinski definition) is 3. The third-order valence-electron chi connectivity index (χ3n) is 6.94. The molecule has 2 aliphatic rings. The van der Waals surface area contributed by atoms with E-state index in [1.54, 1.807) is 35.2 Å². The van der Waals surface area contributed by atoms with Crippen LogP contribution in [0.15, 0.2) is 66.8 Å². The van der Waals surface area contributed by atoms with E-state index in [1.165, 1.54) is 0 Å². The molecule has 3 N–H and O–H groups in total. The van der Waals surface area contributed by atoms with E-state index < -0.39 is 24.2 Å². The third-order valence-corrected chi connectivity index (χ3v) is 7.68. The number of ether oxygens (including phenoxy) is 1. The lowest BCUT2D eigenvalue weighted by Gasteiger charge is -2.41. The van der Waals surface area contributed by atoms with Gasteiger partial charge >= 0.3 is 0 Å². The van der Waals surface area contributed by atoms with Crippen molar-refractivity contribution in [3.63, 3.8) is 0 Å². The minimum atomic E-state index is -1.10. The first-order chi connectivity index (χ1) is 18.3. The van der Waals surface area contributed by atoms with Gasteiger partial charge < -0.3 is 25.2 Å². The highest BCUT2D eigenvalue weighted by Crippen LogP contribution is 2.47. The van der Waals surface area contributed by atoms with Crippen LogP contribution in [0.1, 0.15) is 42.7 Å². The van der Waals surface area contributed by atoms with E-state index in [4.69, 9.17) is 27.9 Å². The van der Waals surface area contributed by atoms with Gasteiger partial charge in [-0.25, -0.2) is 0 Å². The average molecular weight is 559 g/mol. The van der Waals surface area contributed by atoms with Gasteiger partial charge in [0.15, 0.2) is 0 Å². The van der Waals surface area contributed by atoms with Gasteiger partial charge in [0.1, 0.15) is 18.0 Å². The van der Waals surface area contributed by atoms with Crippen molar-refractivity contribution in [1.82, 2.24) is 10.2 Å². The molecule has 1 aliphatic carbocycles. The fraction of sp³-hybridized carbons (Fsp3) is 0.379. The number of halogens is 2. The smallest absolute Gasteiger partial charge is 0.247 e. The van der Waals surface area contributed by atoms with Gasteiger partial charge in [0.2, 0.25) is 11.8 Å².